The Hall–Kier alpha value is -4.47. The molecule has 1 N–H and O–H groups in total. The van der Waals surface area contributed by atoms with E-state index in [0.29, 0.717) is 41.3 Å². The van der Waals surface area contributed by atoms with Gasteiger partial charge in [-0.15, -0.1) is 0 Å². The van der Waals surface area contributed by atoms with Crippen LogP contribution in [-0.4, -0.2) is 53.8 Å². The van der Waals surface area contributed by atoms with Crippen LogP contribution in [0.15, 0.2) is 67.0 Å². The molecule has 0 spiro atoms. The lowest BCUT2D eigenvalue weighted by molar-refractivity contribution is -0.131. The number of benzene rings is 2. The van der Waals surface area contributed by atoms with Gasteiger partial charge in [0.15, 0.2) is 0 Å². The maximum atomic E-state index is 13.8. The molecular formula is C27H23F2N7O. The standard InChI is InChI=1S/C27H23F2N7O/c28-19-6-4-17(5-7-19)23-14-25(36(34-23)27-30-10-2-11-31-27)18-3-1-12-35(16-18)26(37)15-24-21-13-20(29)8-9-22(21)32-33-24/h2,4-11,13-14,18H,1,3,12,15-16H2,(H,32,33). The Balaban J connectivity index is 1.28. The van der Waals surface area contributed by atoms with Crippen LogP contribution in [0.5, 0.6) is 0 Å². The number of aromatic amines is 1. The van der Waals surface area contributed by atoms with E-state index >= 15 is 0 Å². The number of nitrogens with one attached hydrogen (secondary N) is 1. The molecule has 3 aromatic heterocycles. The first-order valence-corrected chi connectivity index (χ1v) is 12.1. The maximum Gasteiger partial charge on any atom is 0.250 e. The van der Waals surface area contributed by atoms with Gasteiger partial charge in [0.05, 0.1) is 29.0 Å². The number of nitrogens with zero attached hydrogens (tertiary/aromatic N) is 6. The van der Waals surface area contributed by atoms with Crippen molar-refractivity contribution in [1.82, 2.24) is 34.8 Å². The van der Waals surface area contributed by atoms with Crippen LogP contribution in [0.3, 0.4) is 0 Å². The van der Waals surface area contributed by atoms with Crippen LogP contribution >= 0.6 is 0 Å². The molecule has 1 aliphatic heterocycles. The quantitative estimate of drug-likeness (QED) is 0.386. The number of aromatic nitrogens is 6. The van der Waals surface area contributed by atoms with Gasteiger partial charge in [0.25, 0.3) is 5.95 Å². The Morgan fingerprint density at radius 1 is 1.03 bits per heavy atom. The highest BCUT2D eigenvalue weighted by molar-refractivity contribution is 5.87. The van der Waals surface area contributed by atoms with Crippen LogP contribution < -0.4 is 0 Å². The van der Waals surface area contributed by atoms with Gasteiger partial charge in [0, 0.05) is 42.4 Å². The first-order chi connectivity index (χ1) is 18.0. The Bertz CT molecular complexity index is 1560. The predicted molar refractivity (Wildman–Crippen MR) is 133 cm³/mol. The van der Waals surface area contributed by atoms with Gasteiger partial charge >= 0.3 is 0 Å². The zero-order chi connectivity index (χ0) is 25.4. The number of carbonyl (C=O) groups is 1. The van der Waals surface area contributed by atoms with Crippen LogP contribution in [0.2, 0.25) is 0 Å². The number of rotatable bonds is 5. The zero-order valence-electron chi connectivity index (χ0n) is 19.8. The van der Waals surface area contributed by atoms with Crippen LogP contribution in [0, 0.1) is 11.6 Å². The smallest absolute Gasteiger partial charge is 0.250 e. The highest BCUT2D eigenvalue weighted by Gasteiger charge is 2.29. The minimum absolute atomic E-state index is 0.000778. The van der Waals surface area contributed by atoms with Gasteiger partial charge in [-0.05, 0) is 67.4 Å². The van der Waals surface area contributed by atoms with E-state index in [9.17, 15) is 13.6 Å². The molecule has 1 atom stereocenters. The van der Waals surface area contributed by atoms with Gasteiger partial charge in [0.1, 0.15) is 11.6 Å². The number of amides is 1. The summed E-state index contributed by atoms with van der Waals surface area (Å²) in [4.78, 5) is 23.9. The molecule has 4 heterocycles. The van der Waals surface area contributed by atoms with Crippen LogP contribution in [0.25, 0.3) is 28.1 Å². The van der Waals surface area contributed by atoms with Gasteiger partial charge in [-0.2, -0.15) is 10.2 Å². The summed E-state index contributed by atoms with van der Waals surface area (Å²) in [5.74, 6) is -0.308. The minimum atomic E-state index is -0.367. The summed E-state index contributed by atoms with van der Waals surface area (Å²) in [6.45, 7) is 1.14. The third kappa shape index (κ3) is 4.57. The Morgan fingerprint density at radius 3 is 2.62 bits per heavy atom. The zero-order valence-corrected chi connectivity index (χ0v) is 19.8. The van der Waals surface area contributed by atoms with Gasteiger partial charge in [-0.3, -0.25) is 9.89 Å². The van der Waals surface area contributed by atoms with E-state index < -0.39 is 0 Å². The van der Waals surface area contributed by atoms with E-state index in [0.717, 1.165) is 24.1 Å². The fourth-order valence-electron chi connectivity index (χ4n) is 4.89. The van der Waals surface area contributed by atoms with Crippen molar-refractivity contribution in [3.8, 4) is 17.2 Å². The Labute approximate surface area is 211 Å². The third-order valence-corrected chi connectivity index (χ3v) is 6.73. The second kappa shape index (κ2) is 9.53. The molecule has 0 bridgehead atoms. The number of hydrogen-bond acceptors (Lipinski definition) is 5. The molecule has 1 saturated heterocycles. The molecule has 6 rings (SSSR count). The number of likely N-dealkylation sites (tertiary alicyclic amines) is 1. The topological polar surface area (TPSA) is 92.6 Å². The summed E-state index contributed by atoms with van der Waals surface area (Å²) in [7, 11) is 0. The molecule has 186 valence electrons. The maximum absolute atomic E-state index is 13.8. The molecule has 37 heavy (non-hydrogen) atoms. The SMILES string of the molecule is O=C(Cc1[nH]nc2ccc(F)cc12)N1CCCC(c2cc(-c3ccc(F)cc3)nn2-c2ncccn2)C1. The monoisotopic (exact) mass is 499 g/mol. The molecule has 2 aromatic carbocycles. The van der Waals surface area contributed by atoms with E-state index in [2.05, 4.69) is 20.2 Å². The lowest BCUT2D eigenvalue weighted by atomic mass is 9.93. The van der Waals surface area contributed by atoms with Gasteiger partial charge < -0.3 is 4.90 Å². The molecule has 0 aliphatic carbocycles. The summed E-state index contributed by atoms with van der Waals surface area (Å²) in [6, 6.07) is 14.2. The second-order valence-corrected chi connectivity index (χ2v) is 9.14. The van der Waals surface area contributed by atoms with Crippen molar-refractivity contribution >= 4 is 16.8 Å². The summed E-state index contributed by atoms with van der Waals surface area (Å²) < 4.78 is 29.0. The van der Waals surface area contributed by atoms with Crippen molar-refractivity contribution < 1.29 is 13.6 Å². The average molecular weight is 500 g/mol. The first-order valence-electron chi connectivity index (χ1n) is 12.1. The number of carbonyl (C=O) groups excluding carboxylic acids is 1. The van der Waals surface area contributed by atoms with E-state index in [1.165, 1.54) is 24.3 Å². The van der Waals surface area contributed by atoms with E-state index in [1.54, 1.807) is 41.3 Å². The molecule has 0 saturated carbocycles. The van der Waals surface area contributed by atoms with Crippen molar-refractivity contribution in [2.75, 3.05) is 13.1 Å². The predicted octanol–water partition coefficient (Wildman–Crippen LogP) is 4.43. The largest absolute Gasteiger partial charge is 0.342 e. The summed E-state index contributed by atoms with van der Waals surface area (Å²) in [5, 5.41) is 12.4. The third-order valence-electron chi connectivity index (χ3n) is 6.73. The van der Waals surface area contributed by atoms with Crippen LogP contribution in [-0.2, 0) is 11.2 Å². The molecule has 1 unspecified atom stereocenters. The van der Waals surface area contributed by atoms with E-state index in [1.807, 2.05) is 11.0 Å². The normalized spacial score (nSPS) is 15.8. The summed E-state index contributed by atoms with van der Waals surface area (Å²) in [6.07, 6.45) is 5.10. The van der Waals surface area contributed by atoms with Crippen molar-refractivity contribution in [2.45, 2.75) is 25.2 Å². The number of H-pyrrole nitrogens is 1. The molecule has 5 aromatic rings. The van der Waals surface area contributed by atoms with Crippen molar-refractivity contribution in [3.63, 3.8) is 0 Å². The minimum Gasteiger partial charge on any atom is -0.342 e. The summed E-state index contributed by atoms with van der Waals surface area (Å²) in [5.41, 5.74) is 3.57. The lowest BCUT2D eigenvalue weighted by Crippen LogP contribution is -2.40. The Kier molecular flexibility index (Phi) is 5.91. The van der Waals surface area contributed by atoms with Gasteiger partial charge in [0.2, 0.25) is 5.91 Å². The average Bonchev–Trinajstić information content (AvgIpc) is 3.54. The fraction of sp³-hybridized carbons (Fsp3) is 0.222. The fourth-order valence-corrected chi connectivity index (χ4v) is 4.89. The molecular weight excluding hydrogens is 476 g/mol. The van der Waals surface area contributed by atoms with Crippen molar-refractivity contribution in [1.29, 1.82) is 0 Å². The van der Waals surface area contributed by atoms with E-state index in [-0.39, 0.29) is 29.9 Å². The van der Waals surface area contributed by atoms with Crippen LogP contribution in [0.1, 0.15) is 30.1 Å². The van der Waals surface area contributed by atoms with Gasteiger partial charge in [-0.25, -0.2) is 23.4 Å². The molecule has 8 nitrogen and oxygen atoms in total. The number of hydrogen-bond donors (Lipinski definition) is 1. The molecule has 1 aliphatic rings. The first kappa shape index (κ1) is 23.0. The summed E-state index contributed by atoms with van der Waals surface area (Å²) >= 11 is 0. The molecule has 0 radical (unpaired) electrons. The highest BCUT2D eigenvalue weighted by Crippen LogP contribution is 2.32. The number of piperidine rings is 1. The second-order valence-electron chi connectivity index (χ2n) is 9.14. The van der Waals surface area contributed by atoms with Crippen LogP contribution in [0.4, 0.5) is 8.78 Å². The van der Waals surface area contributed by atoms with Gasteiger partial charge in [-0.1, -0.05) is 0 Å². The molecule has 1 amide bonds. The molecule has 1 fully saturated rings. The van der Waals surface area contributed by atoms with Crippen molar-refractivity contribution in [3.05, 3.63) is 90.0 Å². The molecule has 10 heteroatoms. The number of halogens is 2. The highest BCUT2D eigenvalue weighted by atomic mass is 19.1. The van der Waals surface area contributed by atoms with Crippen molar-refractivity contribution in [2.24, 2.45) is 0 Å². The van der Waals surface area contributed by atoms with E-state index in [4.69, 9.17) is 5.10 Å². The lowest BCUT2D eigenvalue weighted by Gasteiger charge is -2.33. The number of fused-ring (bicyclic) bond motifs is 1. The Morgan fingerprint density at radius 2 is 1.81 bits per heavy atom.